The molecule has 6 nitrogen and oxygen atoms in total. The zero-order chi connectivity index (χ0) is 14.8. The van der Waals surface area contributed by atoms with Gasteiger partial charge in [0.2, 0.25) is 5.16 Å². The molecule has 2 heterocycles. The van der Waals surface area contributed by atoms with Crippen molar-refractivity contribution in [3.8, 4) is 5.69 Å². The van der Waals surface area contributed by atoms with E-state index in [1.807, 2.05) is 44.2 Å². The van der Waals surface area contributed by atoms with E-state index in [0.29, 0.717) is 21.4 Å². The molecule has 3 rings (SSSR count). The minimum atomic E-state index is 0.561. The number of nitrogens with one attached hydrogen (secondary N) is 1. The summed E-state index contributed by atoms with van der Waals surface area (Å²) >= 11 is 1.32. The molecule has 106 valence electrons. The lowest BCUT2D eigenvalue weighted by Gasteiger charge is -2.05. The van der Waals surface area contributed by atoms with E-state index in [2.05, 4.69) is 20.3 Å². The van der Waals surface area contributed by atoms with Gasteiger partial charge >= 0.3 is 0 Å². The quantitative estimate of drug-likeness (QED) is 0.749. The van der Waals surface area contributed by atoms with Crippen molar-refractivity contribution in [3.63, 3.8) is 0 Å². The number of aryl methyl sites for hydroxylation is 2. The van der Waals surface area contributed by atoms with Gasteiger partial charge in [-0.15, -0.1) is 5.10 Å². The Bertz CT molecular complexity index is 778. The molecule has 0 saturated heterocycles. The minimum Gasteiger partial charge on any atom is -0.298 e. The molecule has 1 aromatic carbocycles. The van der Waals surface area contributed by atoms with Crippen LogP contribution in [0.5, 0.6) is 0 Å². The van der Waals surface area contributed by atoms with Crippen LogP contribution in [0.2, 0.25) is 0 Å². The average molecular weight is 299 g/mol. The summed E-state index contributed by atoms with van der Waals surface area (Å²) in [6.45, 7) is 3.65. The molecular formula is C14H13N5OS. The Balaban J connectivity index is 2.10. The Morgan fingerprint density at radius 1 is 1.24 bits per heavy atom. The van der Waals surface area contributed by atoms with Crippen LogP contribution in [0.25, 0.3) is 5.69 Å². The lowest BCUT2D eigenvalue weighted by Crippen LogP contribution is -1.98. The van der Waals surface area contributed by atoms with Gasteiger partial charge in [0.25, 0.3) is 0 Å². The van der Waals surface area contributed by atoms with Crippen molar-refractivity contribution in [2.45, 2.75) is 24.0 Å². The third-order valence-corrected chi connectivity index (χ3v) is 3.90. The highest BCUT2D eigenvalue weighted by Crippen LogP contribution is 2.31. The summed E-state index contributed by atoms with van der Waals surface area (Å²) in [5.41, 5.74) is 2.14. The van der Waals surface area contributed by atoms with Crippen molar-refractivity contribution in [3.05, 3.63) is 47.4 Å². The summed E-state index contributed by atoms with van der Waals surface area (Å²) in [6, 6.07) is 9.67. The lowest BCUT2D eigenvalue weighted by atomic mass is 10.3. The van der Waals surface area contributed by atoms with Crippen LogP contribution in [0.4, 0.5) is 0 Å². The van der Waals surface area contributed by atoms with Crippen molar-refractivity contribution in [1.29, 1.82) is 0 Å². The highest BCUT2D eigenvalue weighted by molar-refractivity contribution is 7.99. The third kappa shape index (κ3) is 2.59. The van der Waals surface area contributed by atoms with Crippen LogP contribution >= 0.6 is 11.8 Å². The molecule has 0 atom stereocenters. The van der Waals surface area contributed by atoms with Gasteiger partial charge in [-0.1, -0.05) is 18.2 Å². The Morgan fingerprint density at radius 2 is 2.00 bits per heavy atom. The maximum atomic E-state index is 11.4. The SMILES string of the molecule is Cc1nc(Sc2c(C=O)c(C)nn2-c2ccccc2)n[nH]1. The first-order valence-electron chi connectivity index (χ1n) is 6.36. The van der Waals surface area contributed by atoms with Crippen molar-refractivity contribution in [2.75, 3.05) is 0 Å². The van der Waals surface area contributed by atoms with E-state index in [1.54, 1.807) is 4.68 Å². The summed E-state index contributed by atoms with van der Waals surface area (Å²) in [7, 11) is 0. The maximum absolute atomic E-state index is 11.4. The van der Waals surface area contributed by atoms with Crippen LogP contribution in [0.3, 0.4) is 0 Å². The number of H-pyrrole nitrogens is 1. The number of aromatic nitrogens is 5. The van der Waals surface area contributed by atoms with Gasteiger partial charge in [-0.2, -0.15) is 5.10 Å². The molecule has 3 aromatic rings. The molecule has 0 amide bonds. The number of rotatable bonds is 4. The van der Waals surface area contributed by atoms with Crippen LogP contribution in [0, 0.1) is 13.8 Å². The van der Waals surface area contributed by atoms with Crippen molar-refractivity contribution in [1.82, 2.24) is 25.0 Å². The van der Waals surface area contributed by atoms with E-state index >= 15 is 0 Å². The maximum Gasteiger partial charge on any atom is 0.214 e. The highest BCUT2D eigenvalue weighted by atomic mass is 32.2. The number of aldehydes is 1. The van der Waals surface area contributed by atoms with E-state index in [-0.39, 0.29) is 0 Å². The topological polar surface area (TPSA) is 76.5 Å². The van der Waals surface area contributed by atoms with Crippen molar-refractivity contribution in [2.24, 2.45) is 0 Å². The Morgan fingerprint density at radius 3 is 2.62 bits per heavy atom. The largest absolute Gasteiger partial charge is 0.298 e. The fourth-order valence-electron chi connectivity index (χ4n) is 1.95. The number of carbonyl (C=O) groups excluding carboxylic acids is 1. The normalized spacial score (nSPS) is 10.8. The lowest BCUT2D eigenvalue weighted by molar-refractivity contribution is 0.112. The van der Waals surface area contributed by atoms with Crippen LogP contribution in [0.1, 0.15) is 21.9 Å². The van der Waals surface area contributed by atoms with E-state index < -0.39 is 0 Å². The monoisotopic (exact) mass is 299 g/mol. The van der Waals surface area contributed by atoms with Gasteiger partial charge in [-0.25, -0.2) is 9.67 Å². The second-order valence-corrected chi connectivity index (χ2v) is 5.43. The number of nitrogens with zero attached hydrogens (tertiary/aromatic N) is 4. The van der Waals surface area contributed by atoms with Crippen LogP contribution in [-0.4, -0.2) is 31.2 Å². The van der Waals surface area contributed by atoms with Crippen molar-refractivity contribution < 1.29 is 4.79 Å². The van der Waals surface area contributed by atoms with Gasteiger partial charge < -0.3 is 0 Å². The van der Waals surface area contributed by atoms with Crippen LogP contribution in [0.15, 0.2) is 40.5 Å². The van der Waals surface area contributed by atoms with E-state index in [4.69, 9.17) is 0 Å². The zero-order valence-electron chi connectivity index (χ0n) is 11.6. The second-order valence-electron chi connectivity index (χ2n) is 4.47. The summed E-state index contributed by atoms with van der Waals surface area (Å²) in [6.07, 6.45) is 0.823. The number of hydrogen-bond acceptors (Lipinski definition) is 5. The molecule has 21 heavy (non-hydrogen) atoms. The van der Waals surface area contributed by atoms with Crippen molar-refractivity contribution >= 4 is 18.0 Å². The molecule has 0 spiro atoms. The summed E-state index contributed by atoms with van der Waals surface area (Å²) in [5, 5.41) is 12.6. The molecule has 2 aromatic heterocycles. The fraction of sp³-hybridized carbons (Fsp3) is 0.143. The molecular weight excluding hydrogens is 286 g/mol. The number of hydrogen-bond donors (Lipinski definition) is 1. The Hall–Kier alpha value is -2.41. The molecule has 0 fully saturated rings. The molecule has 1 N–H and O–H groups in total. The van der Waals surface area contributed by atoms with Crippen LogP contribution in [-0.2, 0) is 0 Å². The van der Waals surface area contributed by atoms with Gasteiger partial charge in [0.1, 0.15) is 10.9 Å². The van der Waals surface area contributed by atoms with Gasteiger partial charge in [-0.3, -0.25) is 9.89 Å². The van der Waals surface area contributed by atoms with Gasteiger partial charge in [0.05, 0.1) is 16.9 Å². The van der Waals surface area contributed by atoms with Gasteiger partial charge in [0, 0.05) is 0 Å². The first kappa shape index (κ1) is 13.6. The Labute approximate surface area is 125 Å². The minimum absolute atomic E-state index is 0.561. The second kappa shape index (κ2) is 5.53. The molecule has 0 bridgehead atoms. The van der Waals surface area contributed by atoms with E-state index in [9.17, 15) is 4.79 Å². The molecule has 0 aliphatic carbocycles. The summed E-state index contributed by atoms with van der Waals surface area (Å²) in [4.78, 5) is 15.6. The van der Waals surface area contributed by atoms with Gasteiger partial charge in [-0.05, 0) is 37.7 Å². The predicted octanol–water partition coefficient (Wildman–Crippen LogP) is 2.57. The predicted molar refractivity (Wildman–Crippen MR) is 78.9 cm³/mol. The molecule has 7 heteroatoms. The highest BCUT2D eigenvalue weighted by Gasteiger charge is 2.18. The summed E-state index contributed by atoms with van der Waals surface area (Å²) in [5.74, 6) is 0.729. The number of carbonyl (C=O) groups is 1. The standard InChI is InChI=1S/C14H13N5OS/c1-9-12(8-20)13(21-14-15-10(2)16-17-14)19(18-9)11-6-4-3-5-7-11/h3-8H,1-2H3,(H,15,16,17). The fourth-order valence-corrected chi connectivity index (χ4v) is 2.94. The number of benzene rings is 1. The smallest absolute Gasteiger partial charge is 0.214 e. The summed E-state index contributed by atoms with van der Waals surface area (Å²) < 4.78 is 1.75. The zero-order valence-corrected chi connectivity index (χ0v) is 12.4. The molecule has 0 radical (unpaired) electrons. The average Bonchev–Trinajstić information content (AvgIpc) is 3.04. The molecule has 0 saturated carbocycles. The Kier molecular flexibility index (Phi) is 3.57. The molecule has 0 unspecified atom stereocenters. The van der Waals surface area contributed by atoms with Crippen LogP contribution < -0.4 is 0 Å². The molecule has 0 aliphatic heterocycles. The number of para-hydroxylation sites is 1. The first-order chi connectivity index (χ1) is 10.2. The van der Waals surface area contributed by atoms with E-state index in [1.165, 1.54) is 11.8 Å². The van der Waals surface area contributed by atoms with Gasteiger partial charge in [0.15, 0.2) is 6.29 Å². The first-order valence-corrected chi connectivity index (χ1v) is 7.18. The number of aromatic amines is 1. The molecule has 0 aliphatic rings. The third-order valence-electron chi connectivity index (χ3n) is 2.95. The van der Waals surface area contributed by atoms with E-state index in [0.717, 1.165) is 17.8 Å².